The average molecular weight is 312 g/mol. The summed E-state index contributed by atoms with van der Waals surface area (Å²) in [4.78, 5) is 13.4. The number of phenolic OH excluding ortho intramolecular Hbond substituents is 1. The summed E-state index contributed by atoms with van der Waals surface area (Å²) < 4.78 is 6.53. The lowest BCUT2D eigenvalue weighted by atomic mass is 9.25. The van der Waals surface area contributed by atoms with E-state index in [1.54, 1.807) is 12.1 Å². The van der Waals surface area contributed by atoms with Gasteiger partial charge in [0.05, 0.1) is 5.41 Å². The molecule has 1 heterocycles. The van der Waals surface area contributed by atoms with E-state index < -0.39 is 5.41 Å². The summed E-state index contributed by atoms with van der Waals surface area (Å²) in [7, 11) is 0. The van der Waals surface area contributed by atoms with Gasteiger partial charge in [-0.2, -0.15) is 0 Å². The molecule has 1 aliphatic heterocycles. The van der Waals surface area contributed by atoms with Crippen molar-refractivity contribution >= 4 is 5.78 Å². The Morgan fingerprint density at radius 2 is 2.00 bits per heavy atom. The van der Waals surface area contributed by atoms with Gasteiger partial charge in [0.1, 0.15) is 22.9 Å². The third-order valence-corrected chi connectivity index (χ3v) is 8.05. The lowest BCUT2D eigenvalue weighted by Gasteiger charge is -2.78. The Labute approximate surface area is 137 Å². The molecule has 5 rings (SSSR count). The van der Waals surface area contributed by atoms with Gasteiger partial charge in [-0.3, -0.25) is 4.79 Å². The zero-order valence-electron chi connectivity index (χ0n) is 14.1. The molecule has 3 saturated carbocycles. The summed E-state index contributed by atoms with van der Waals surface area (Å²) in [5.41, 5.74) is 0.0462. The molecule has 3 fully saturated rings. The zero-order chi connectivity index (χ0) is 16.3. The molecule has 0 aromatic heterocycles. The van der Waals surface area contributed by atoms with Gasteiger partial charge in [0.15, 0.2) is 0 Å². The van der Waals surface area contributed by atoms with E-state index in [1.165, 1.54) is 0 Å². The number of benzene rings is 1. The van der Waals surface area contributed by atoms with Gasteiger partial charge in [0.2, 0.25) is 0 Å². The van der Waals surface area contributed by atoms with Gasteiger partial charge in [0.25, 0.3) is 0 Å². The standard InChI is InChI=1S/C20H24O3/c1-17(2)15-8-10-18(3)19(15)9-4-5-16(22)20(17,19)13-11-12(21)6-7-14(13)23-18/h6-7,11,15,21H,4-5,8-10H2,1-3H3/t15-,18+,19?,20?/m0/s1. The number of carbonyl (C=O) groups excluding carboxylic acids is 1. The Morgan fingerprint density at radius 1 is 1.22 bits per heavy atom. The van der Waals surface area contributed by atoms with Crippen molar-refractivity contribution in [3.05, 3.63) is 23.8 Å². The Bertz CT molecular complexity index is 751. The third kappa shape index (κ3) is 1.08. The van der Waals surface area contributed by atoms with Crippen LogP contribution in [0.25, 0.3) is 0 Å². The number of hydrogen-bond acceptors (Lipinski definition) is 3. The molecular weight excluding hydrogens is 288 g/mol. The minimum atomic E-state index is -0.486. The lowest BCUT2D eigenvalue weighted by molar-refractivity contribution is -0.267. The van der Waals surface area contributed by atoms with Crippen LogP contribution in [0, 0.1) is 16.7 Å². The van der Waals surface area contributed by atoms with Crippen LogP contribution in [0.15, 0.2) is 18.2 Å². The molecule has 1 spiro atoms. The predicted molar refractivity (Wildman–Crippen MR) is 86.6 cm³/mol. The number of carbonyl (C=O) groups is 1. The molecule has 1 N–H and O–H groups in total. The highest BCUT2D eigenvalue weighted by molar-refractivity contribution is 5.97. The molecule has 3 aliphatic carbocycles. The highest BCUT2D eigenvalue weighted by Gasteiger charge is 2.88. The van der Waals surface area contributed by atoms with Gasteiger partial charge in [0, 0.05) is 17.4 Å². The van der Waals surface area contributed by atoms with Crippen molar-refractivity contribution < 1.29 is 14.6 Å². The molecule has 4 aliphatic rings. The molecule has 0 bridgehead atoms. The molecule has 122 valence electrons. The predicted octanol–water partition coefficient (Wildman–Crippen LogP) is 3.97. The van der Waals surface area contributed by atoms with Crippen LogP contribution in [0.2, 0.25) is 0 Å². The van der Waals surface area contributed by atoms with E-state index in [4.69, 9.17) is 4.74 Å². The molecule has 0 saturated heterocycles. The fourth-order valence-corrected chi connectivity index (χ4v) is 7.62. The molecule has 4 atom stereocenters. The molecule has 3 heteroatoms. The van der Waals surface area contributed by atoms with Crippen molar-refractivity contribution in [3.63, 3.8) is 0 Å². The zero-order valence-corrected chi connectivity index (χ0v) is 14.1. The van der Waals surface area contributed by atoms with Crippen LogP contribution in [0.5, 0.6) is 11.5 Å². The largest absolute Gasteiger partial charge is 0.508 e. The number of ketones is 1. The smallest absolute Gasteiger partial charge is 0.144 e. The van der Waals surface area contributed by atoms with Crippen LogP contribution in [-0.4, -0.2) is 16.5 Å². The third-order valence-electron chi connectivity index (χ3n) is 8.05. The van der Waals surface area contributed by atoms with Crippen LogP contribution in [0.1, 0.15) is 58.4 Å². The number of rotatable bonds is 0. The first-order valence-electron chi connectivity index (χ1n) is 8.87. The van der Waals surface area contributed by atoms with Crippen molar-refractivity contribution in [1.29, 1.82) is 0 Å². The summed E-state index contributed by atoms with van der Waals surface area (Å²) in [5.74, 6) is 1.94. The van der Waals surface area contributed by atoms with Gasteiger partial charge >= 0.3 is 0 Å². The van der Waals surface area contributed by atoms with E-state index >= 15 is 0 Å². The summed E-state index contributed by atoms with van der Waals surface area (Å²) in [6, 6.07) is 5.34. The van der Waals surface area contributed by atoms with Crippen LogP contribution in [0.4, 0.5) is 0 Å². The van der Waals surface area contributed by atoms with E-state index in [0.717, 1.165) is 37.0 Å². The van der Waals surface area contributed by atoms with Crippen molar-refractivity contribution in [2.45, 2.75) is 63.9 Å². The number of hydrogen-bond donors (Lipinski definition) is 1. The molecule has 3 nitrogen and oxygen atoms in total. The van der Waals surface area contributed by atoms with Gasteiger partial charge in [-0.15, -0.1) is 0 Å². The summed E-state index contributed by atoms with van der Waals surface area (Å²) in [6.45, 7) is 6.76. The fraction of sp³-hybridized carbons (Fsp3) is 0.650. The molecule has 1 aromatic carbocycles. The van der Waals surface area contributed by atoms with E-state index in [9.17, 15) is 9.90 Å². The minimum Gasteiger partial charge on any atom is -0.508 e. The van der Waals surface area contributed by atoms with E-state index in [-0.39, 0.29) is 22.2 Å². The quantitative estimate of drug-likeness (QED) is 0.788. The number of aromatic hydroxyl groups is 1. The first-order valence-corrected chi connectivity index (χ1v) is 8.87. The Kier molecular flexibility index (Phi) is 2.17. The number of ether oxygens (including phenoxy) is 1. The topological polar surface area (TPSA) is 46.5 Å². The lowest BCUT2D eigenvalue weighted by Crippen LogP contribution is -2.82. The van der Waals surface area contributed by atoms with Crippen LogP contribution in [0.3, 0.4) is 0 Å². The Balaban J connectivity index is 1.92. The minimum absolute atomic E-state index is 0.0748. The molecule has 0 radical (unpaired) electrons. The van der Waals surface area contributed by atoms with Crippen LogP contribution in [-0.2, 0) is 10.2 Å². The summed E-state index contributed by atoms with van der Waals surface area (Å²) in [6.07, 6.45) is 4.86. The second-order valence-electron chi connectivity index (χ2n) is 8.82. The SMILES string of the molecule is CC1(C)[C@@H]2CC[C@@]3(C)Oc4ccc(O)cc4C14C(=O)CCCC243. The number of phenols is 1. The number of Topliss-reactive ketones (excluding diaryl/α,β-unsaturated/α-hetero) is 1. The van der Waals surface area contributed by atoms with E-state index in [2.05, 4.69) is 20.8 Å². The van der Waals surface area contributed by atoms with Crippen molar-refractivity contribution in [2.24, 2.45) is 16.7 Å². The normalized spacial score (nSPS) is 45.3. The average Bonchev–Trinajstić information content (AvgIpc) is 2.76. The van der Waals surface area contributed by atoms with Gasteiger partial charge < -0.3 is 9.84 Å². The Hall–Kier alpha value is -1.51. The maximum atomic E-state index is 13.4. The van der Waals surface area contributed by atoms with Crippen LogP contribution >= 0.6 is 0 Å². The van der Waals surface area contributed by atoms with E-state index in [0.29, 0.717) is 18.1 Å². The maximum absolute atomic E-state index is 13.4. The first-order chi connectivity index (χ1) is 10.8. The van der Waals surface area contributed by atoms with E-state index in [1.807, 2.05) is 6.07 Å². The molecule has 23 heavy (non-hydrogen) atoms. The highest BCUT2D eigenvalue weighted by atomic mass is 16.5. The van der Waals surface area contributed by atoms with Crippen molar-refractivity contribution in [2.75, 3.05) is 0 Å². The fourth-order valence-electron chi connectivity index (χ4n) is 7.62. The Morgan fingerprint density at radius 3 is 2.78 bits per heavy atom. The maximum Gasteiger partial charge on any atom is 0.144 e. The summed E-state index contributed by atoms with van der Waals surface area (Å²) in [5, 5.41) is 10.1. The molecule has 2 unspecified atom stereocenters. The first kappa shape index (κ1) is 13.9. The monoisotopic (exact) mass is 312 g/mol. The van der Waals surface area contributed by atoms with Crippen molar-refractivity contribution in [3.8, 4) is 11.5 Å². The van der Waals surface area contributed by atoms with Crippen molar-refractivity contribution in [1.82, 2.24) is 0 Å². The van der Waals surface area contributed by atoms with Gasteiger partial charge in [-0.25, -0.2) is 0 Å². The highest BCUT2D eigenvalue weighted by Crippen LogP contribution is 2.85. The van der Waals surface area contributed by atoms with Gasteiger partial charge in [-0.05, 0) is 62.1 Å². The number of fused-ring (bicyclic) bond motifs is 1. The second-order valence-corrected chi connectivity index (χ2v) is 8.82. The molecular formula is C20H24O3. The molecule has 0 amide bonds. The second kappa shape index (κ2) is 3.60. The molecule has 1 aromatic rings. The summed E-state index contributed by atoms with van der Waals surface area (Å²) >= 11 is 0. The van der Waals surface area contributed by atoms with Crippen LogP contribution < -0.4 is 4.74 Å². The van der Waals surface area contributed by atoms with Gasteiger partial charge in [-0.1, -0.05) is 13.8 Å².